The van der Waals surface area contributed by atoms with Crippen LogP contribution < -0.4 is 15.8 Å². The molecule has 0 saturated carbocycles. The molecule has 0 fully saturated rings. The Hall–Kier alpha value is -3.36. The third-order valence-electron chi connectivity index (χ3n) is 5.24. The number of halogens is 3. The van der Waals surface area contributed by atoms with Crippen LogP contribution in [0.25, 0.3) is 10.9 Å². The summed E-state index contributed by atoms with van der Waals surface area (Å²) >= 11 is 0. The van der Waals surface area contributed by atoms with E-state index in [-0.39, 0.29) is 24.2 Å². The Labute approximate surface area is 183 Å². The second-order valence-electron chi connectivity index (χ2n) is 7.31. The van der Waals surface area contributed by atoms with Crippen LogP contribution in [0.3, 0.4) is 0 Å². The number of aromatic nitrogens is 2. The lowest BCUT2D eigenvalue weighted by Gasteiger charge is -2.25. The number of carbonyl (C=O) groups is 1. The third kappa shape index (κ3) is 5.27. The van der Waals surface area contributed by atoms with Gasteiger partial charge in [0.1, 0.15) is 0 Å². The number of benzene rings is 2. The number of nitrogens with zero attached hydrogens (tertiary/aromatic N) is 3. The van der Waals surface area contributed by atoms with E-state index in [0.29, 0.717) is 36.1 Å². The molecule has 1 N–H and O–H groups in total. The van der Waals surface area contributed by atoms with Gasteiger partial charge in [-0.2, -0.15) is 13.2 Å². The fraction of sp³-hybridized carbons (Fsp3) is 0.348. The zero-order chi connectivity index (χ0) is 23.3. The number of carbonyl (C=O) groups excluding carboxylic acids is 1. The van der Waals surface area contributed by atoms with Crippen molar-refractivity contribution in [2.75, 3.05) is 23.3 Å². The molecule has 0 aliphatic heterocycles. The van der Waals surface area contributed by atoms with Gasteiger partial charge < -0.3 is 10.2 Å². The molecule has 2 aromatic carbocycles. The van der Waals surface area contributed by atoms with Gasteiger partial charge in [-0.15, -0.1) is 0 Å². The summed E-state index contributed by atoms with van der Waals surface area (Å²) in [6, 6.07) is 10.3. The summed E-state index contributed by atoms with van der Waals surface area (Å²) in [5.74, 6) is -0.417. The van der Waals surface area contributed by atoms with Gasteiger partial charge in [-0.25, -0.2) is 4.98 Å². The molecule has 32 heavy (non-hydrogen) atoms. The van der Waals surface area contributed by atoms with Gasteiger partial charge in [0.25, 0.3) is 5.56 Å². The number of para-hydroxylation sites is 1. The lowest BCUT2D eigenvalue weighted by molar-refractivity contribution is -0.137. The van der Waals surface area contributed by atoms with Crippen molar-refractivity contribution in [2.45, 2.75) is 39.4 Å². The molecule has 0 atom stereocenters. The number of rotatable bonds is 8. The summed E-state index contributed by atoms with van der Waals surface area (Å²) in [7, 11) is 0. The third-order valence-corrected chi connectivity index (χ3v) is 5.24. The van der Waals surface area contributed by atoms with E-state index in [1.807, 2.05) is 18.7 Å². The van der Waals surface area contributed by atoms with Crippen LogP contribution in [0.4, 0.5) is 24.5 Å². The van der Waals surface area contributed by atoms with Crippen LogP contribution >= 0.6 is 0 Å². The Balaban J connectivity index is 1.71. The Kier molecular flexibility index (Phi) is 7.17. The van der Waals surface area contributed by atoms with Gasteiger partial charge in [0.2, 0.25) is 5.91 Å². The molecule has 1 amide bonds. The summed E-state index contributed by atoms with van der Waals surface area (Å²) < 4.78 is 41.0. The molecule has 1 heterocycles. The number of hydrogen-bond donors (Lipinski definition) is 1. The van der Waals surface area contributed by atoms with Crippen molar-refractivity contribution in [1.82, 2.24) is 9.55 Å². The highest BCUT2D eigenvalue weighted by Gasteiger charge is 2.31. The molecule has 170 valence electrons. The first-order valence-electron chi connectivity index (χ1n) is 10.4. The standard InChI is InChI=1S/C23H25F3N4O2/c1-3-29(4-2)20-12-11-16(23(24,25)26)14-19(20)28-21(31)10-7-13-30-15-27-18-9-6-5-8-17(18)22(30)32/h5-6,8-9,11-12,14-15H,3-4,7,10,13H2,1-2H3,(H,28,31). The van der Waals surface area contributed by atoms with Crippen LogP contribution in [0.5, 0.6) is 0 Å². The van der Waals surface area contributed by atoms with E-state index in [1.54, 1.807) is 24.3 Å². The quantitative estimate of drug-likeness (QED) is 0.546. The minimum Gasteiger partial charge on any atom is -0.370 e. The zero-order valence-corrected chi connectivity index (χ0v) is 17.9. The fourth-order valence-corrected chi connectivity index (χ4v) is 3.54. The number of anilines is 2. The Morgan fingerprint density at radius 3 is 2.53 bits per heavy atom. The zero-order valence-electron chi connectivity index (χ0n) is 17.9. The van der Waals surface area contributed by atoms with Crippen LogP contribution in [0.15, 0.2) is 53.6 Å². The van der Waals surface area contributed by atoms with Gasteiger partial charge in [-0.05, 0) is 50.6 Å². The van der Waals surface area contributed by atoms with Crippen molar-refractivity contribution < 1.29 is 18.0 Å². The predicted molar refractivity (Wildman–Crippen MR) is 119 cm³/mol. The molecule has 0 unspecified atom stereocenters. The normalized spacial score (nSPS) is 11.5. The molecule has 6 nitrogen and oxygen atoms in total. The molecule has 0 aliphatic carbocycles. The largest absolute Gasteiger partial charge is 0.416 e. The number of fused-ring (bicyclic) bond motifs is 1. The first kappa shape index (κ1) is 23.3. The number of aryl methyl sites for hydroxylation is 1. The highest BCUT2D eigenvalue weighted by Crippen LogP contribution is 2.35. The maximum atomic E-state index is 13.2. The maximum Gasteiger partial charge on any atom is 0.416 e. The second kappa shape index (κ2) is 9.84. The molecule has 0 bridgehead atoms. The van der Waals surface area contributed by atoms with Crippen molar-refractivity contribution in [2.24, 2.45) is 0 Å². The van der Waals surface area contributed by atoms with Crippen LogP contribution in [0.1, 0.15) is 32.3 Å². The lowest BCUT2D eigenvalue weighted by atomic mass is 10.1. The van der Waals surface area contributed by atoms with Crippen molar-refractivity contribution >= 4 is 28.2 Å². The van der Waals surface area contributed by atoms with Gasteiger partial charge in [0.05, 0.1) is 34.2 Å². The van der Waals surface area contributed by atoms with Crippen molar-refractivity contribution in [3.05, 3.63) is 64.7 Å². The molecular formula is C23H25F3N4O2. The topological polar surface area (TPSA) is 67.2 Å². The van der Waals surface area contributed by atoms with E-state index in [4.69, 9.17) is 0 Å². The molecule has 0 spiro atoms. The number of nitrogens with one attached hydrogen (secondary N) is 1. The second-order valence-corrected chi connectivity index (χ2v) is 7.31. The van der Waals surface area contributed by atoms with E-state index >= 15 is 0 Å². The molecule has 0 aliphatic rings. The maximum absolute atomic E-state index is 13.2. The Morgan fingerprint density at radius 2 is 1.84 bits per heavy atom. The van der Waals surface area contributed by atoms with Gasteiger partial charge in [0, 0.05) is 26.1 Å². The minimum atomic E-state index is -4.51. The average molecular weight is 446 g/mol. The summed E-state index contributed by atoms with van der Waals surface area (Å²) in [5, 5.41) is 3.11. The highest BCUT2D eigenvalue weighted by atomic mass is 19.4. The summed E-state index contributed by atoms with van der Waals surface area (Å²) in [5.41, 5.74) is 0.236. The lowest BCUT2D eigenvalue weighted by Crippen LogP contribution is -2.25. The van der Waals surface area contributed by atoms with Gasteiger partial charge in [-0.1, -0.05) is 12.1 Å². The summed E-state index contributed by atoms with van der Waals surface area (Å²) in [4.78, 5) is 31.1. The van der Waals surface area contributed by atoms with Crippen molar-refractivity contribution in [3.63, 3.8) is 0 Å². The molecule has 0 saturated heterocycles. The predicted octanol–water partition coefficient (Wildman–Crippen LogP) is 4.68. The van der Waals surface area contributed by atoms with Crippen molar-refractivity contribution in [3.8, 4) is 0 Å². The fourth-order valence-electron chi connectivity index (χ4n) is 3.54. The smallest absolute Gasteiger partial charge is 0.370 e. The van der Waals surface area contributed by atoms with E-state index in [0.717, 1.165) is 12.1 Å². The first-order valence-corrected chi connectivity index (χ1v) is 10.4. The molecule has 3 aromatic rings. The van der Waals surface area contributed by atoms with Crippen LogP contribution in [-0.4, -0.2) is 28.5 Å². The van der Waals surface area contributed by atoms with E-state index in [2.05, 4.69) is 10.3 Å². The minimum absolute atomic E-state index is 0.0488. The summed E-state index contributed by atoms with van der Waals surface area (Å²) in [6.07, 6.45) is -2.68. The SMILES string of the molecule is CCN(CC)c1ccc(C(F)(F)F)cc1NC(=O)CCCn1cnc2ccccc2c1=O. The van der Waals surface area contributed by atoms with Crippen LogP contribution in [-0.2, 0) is 17.5 Å². The molecule has 3 rings (SSSR count). The number of hydrogen-bond acceptors (Lipinski definition) is 4. The van der Waals surface area contributed by atoms with Crippen molar-refractivity contribution in [1.29, 1.82) is 0 Å². The van der Waals surface area contributed by atoms with Gasteiger partial charge in [0.15, 0.2) is 0 Å². The average Bonchev–Trinajstić information content (AvgIpc) is 2.76. The molecule has 9 heteroatoms. The first-order chi connectivity index (χ1) is 15.2. The highest BCUT2D eigenvalue weighted by molar-refractivity contribution is 5.94. The monoisotopic (exact) mass is 446 g/mol. The Morgan fingerprint density at radius 1 is 1.12 bits per heavy atom. The molecular weight excluding hydrogens is 421 g/mol. The number of alkyl halides is 3. The van der Waals surface area contributed by atoms with E-state index in [9.17, 15) is 22.8 Å². The molecule has 0 radical (unpaired) electrons. The summed E-state index contributed by atoms with van der Waals surface area (Å²) in [6.45, 7) is 5.23. The molecule has 1 aromatic heterocycles. The van der Waals surface area contributed by atoms with Gasteiger partial charge in [-0.3, -0.25) is 14.2 Å². The van der Waals surface area contributed by atoms with Gasteiger partial charge >= 0.3 is 6.18 Å². The Bertz CT molecular complexity index is 1150. The van der Waals surface area contributed by atoms with E-state index < -0.39 is 17.6 Å². The van der Waals surface area contributed by atoms with E-state index in [1.165, 1.54) is 17.0 Å². The van der Waals surface area contributed by atoms with Crippen LogP contribution in [0.2, 0.25) is 0 Å². The number of amides is 1. The van der Waals surface area contributed by atoms with Crippen LogP contribution in [0, 0.1) is 0 Å².